The Bertz CT molecular complexity index is 1120. The zero-order valence-electron chi connectivity index (χ0n) is 43.5. The van der Waals surface area contributed by atoms with Crippen molar-refractivity contribution < 1.29 is 15.0 Å². The molecule has 3 N–H and O–H groups in total. The van der Waals surface area contributed by atoms with Gasteiger partial charge in [-0.1, -0.05) is 292 Å². The van der Waals surface area contributed by atoms with E-state index >= 15 is 0 Å². The second-order valence-electron chi connectivity index (χ2n) is 19.3. The van der Waals surface area contributed by atoms with Crippen LogP contribution in [0.15, 0.2) is 72.9 Å². The number of hydrogen-bond donors (Lipinski definition) is 3. The quantitative estimate of drug-likeness (QED) is 0.0421. The van der Waals surface area contributed by atoms with E-state index in [1.807, 2.05) is 0 Å². The van der Waals surface area contributed by atoms with Crippen LogP contribution in [0.1, 0.15) is 290 Å². The van der Waals surface area contributed by atoms with Gasteiger partial charge in [0.1, 0.15) is 0 Å². The van der Waals surface area contributed by atoms with E-state index in [0.29, 0.717) is 12.8 Å². The fraction of sp³-hybridized carbons (Fsp3) is 0.787. The summed E-state index contributed by atoms with van der Waals surface area (Å²) >= 11 is 0. The van der Waals surface area contributed by atoms with Crippen LogP contribution in [0, 0.1) is 0 Å². The molecule has 0 aromatic heterocycles. The SMILES string of the molecule is CC/C=C\C/C=C\C/C=C\C/C=C\C/C=C\C/C=C\CCCCCCCCCCCCCCCCCCCCCCC(=O)NC(CO)C(O)CCCCCCCCCCCCCCCC. The number of carbonyl (C=O) groups is 1. The van der Waals surface area contributed by atoms with E-state index in [1.165, 1.54) is 199 Å². The number of unbranched alkanes of at least 4 members (excludes halogenated alkanes) is 33. The molecule has 65 heavy (non-hydrogen) atoms. The van der Waals surface area contributed by atoms with Crippen molar-refractivity contribution in [3.8, 4) is 0 Å². The highest BCUT2D eigenvalue weighted by Gasteiger charge is 2.20. The highest BCUT2D eigenvalue weighted by molar-refractivity contribution is 5.76. The molecule has 0 aliphatic rings. The fourth-order valence-corrected chi connectivity index (χ4v) is 8.66. The number of amides is 1. The summed E-state index contributed by atoms with van der Waals surface area (Å²) in [4.78, 5) is 12.5. The van der Waals surface area contributed by atoms with Crippen LogP contribution in [-0.4, -0.2) is 34.9 Å². The molecule has 0 rings (SSSR count). The van der Waals surface area contributed by atoms with Crippen molar-refractivity contribution in [1.82, 2.24) is 5.32 Å². The van der Waals surface area contributed by atoms with Crippen molar-refractivity contribution in [2.24, 2.45) is 0 Å². The first-order valence-corrected chi connectivity index (χ1v) is 28.6. The van der Waals surface area contributed by atoms with E-state index in [9.17, 15) is 15.0 Å². The number of aliphatic hydroxyl groups excluding tert-OH is 2. The van der Waals surface area contributed by atoms with Crippen molar-refractivity contribution in [2.45, 2.75) is 302 Å². The van der Waals surface area contributed by atoms with Crippen LogP contribution < -0.4 is 5.32 Å². The van der Waals surface area contributed by atoms with E-state index < -0.39 is 12.1 Å². The first-order chi connectivity index (χ1) is 32.2. The molecule has 378 valence electrons. The monoisotopic (exact) mass is 906 g/mol. The van der Waals surface area contributed by atoms with Crippen LogP contribution in [0.4, 0.5) is 0 Å². The molecule has 0 radical (unpaired) electrons. The normalized spacial score (nSPS) is 13.4. The fourth-order valence-electron chi connectivity index (χ4n) is 8.66. The first-order valence-electron chi connectivity index (χ1n) is 28.6. The van der Waals surface area contributed by atoms with Crippen LogP contribution >= 0.6 is 0 Å². The van der Waals surface area contributed by atoms with Crippen molar-refractivity contribution in [1.29, 1.82) is 0 Å². The number of aliphatic hydroxyl groups is 2. The lowest BCUT2D eigenvalue weighted by Gasteiger charge is -2.22. The summed E-state index contributed by atoms with van der Waals surface area (Å²) in [7, 11) is 0. The highest BCUT2D eigenvalue weighted by atomic mass is 16.3. The second kappa shape index (κ2) is 56.2. The topological polar surface area (TPSA) is 69.6 Å². The van der Waals surface area contributed by atoms with Crippen molar-refractivity contribution in [2.75, 3.05) is 6.61 Å². The molecule has 2 atom stereocenters. The molecule has 0 spiro atoms. The van der Waals surface area contributed by atoms with Gasteiger partial charge in [-0.3, -0.25) is 4.79 Å². The van der Waals surface area contributed by atoms with Gasteiger partial charge in [-0.25, -0.2) is 0 Å². The summed E-state index contributed by atoms with van der Waals surface area (Å²) < 4.78 is 0. The predicted molar refractivity (Wildman–Crippen MR) is 290 cm³/mol. The summed E-state index contributed by atoms with van der Waals surface area (Å²) in [6.07, 6.45) is 80.4. The molecule has 4 nitrogen and oxygen atoms in total. The Morgan fingerprint density at radius 1 is 0.385 bits per heavy atom. The van der Waals surface area contributed by atoms with Crippen molar-refractivity contribution >= 4 is 5.91 Å². The van der Waals surface area contributed by atoms with E-state index in [1.54, 1.807) is 0 Å². The third-order valence-electron chi connectivity index (χ3n) is 13.0. The molecule has 0 aromatic carbocycles. The molecule has 4 heteroatoms. The number of allylic oxidation sites excluding steroid dienone is 12. The van der Waals surface area contributed by atoms with Gasteiger partial charge < -0.3 is 15.5 Å². The minimum atomic E-state index is -0.659. The number of rotatable bonds is 52. The van der Waals surface area contributed by atoms with E-state index in [4.69, 9.17) is 0 Å². The number of hydrogen-bond acceptors (Lipinski definition) is 3. The van der Waals surface area contributed by atoms with Gasteiger partial charge in [-0.05, 0) is 64.2 Å². The van der Waals surface area contributed by atoms with E-state index in [-0.39, 0.29) is 12.5 Å². The lowest BCUT2D eigenvalue weighted by molar-refractivity contribution is -0.123. The van der Waals surface area contributed by atoms with Gasteiger partial charge in [0.2, 0.25) is 5.91 Å². The molecule has 0 saturated carbocycles. The van der Waals surface area contributed by atoms with Crippen LogP contribution in [-0.2, 0) is 4.79 Å². The third kappa shape index (κ3) is 52.7. The molecule has 0 aliphatic heterocycles. The van der Waals surface area contributed by atoms with Crippen LogP contribution in [0.2, 0.25) is 0 Å². The minimum absolute atomic E-state index is 0.0289. The molecule has 0 bridgehead atoms. The largest absolute Gasteiger partial charge is 0.394 e. The Kier molecular flexibility index (Phi) is 54.3. The Balaban J connectivity index is 3.43. The molecule has 0 aromatic rings. The summed E-state index contributed by atoms with van der Waals surface area (Å²) in [5, 5.41) is 23.3. The molecule has 1 amide bonds. The maximum atomic E-state index is 12.5. The van der Waals surface area contributed by atoms with Crippen molar-refractivity contribution in [3.05, 3.63) is 72.9 Å². The predicted octanol–water partition coefficient (Wildman–Crippen LogP) is 19.0. The molecule has 0 saturated heterocycles. The van der Waals surface area contributed by atoms with Crippen LogP contribution in [0.5, 0.6) is 0 Å². The summed E-state index contributed by atoms with van der Waals surface area (Å²) in [6, 6.07) is -0.536. The van der Waals surface area contributed by atoms with E-state index in [2.05, 4.69) is 92.1 Å². The lowest BCUT2D eigenvalue weighted by atomic mass is 10.0. The molecule has 0 heterocycles. The second-order valence-corrected chi connectivity index (χ2v) is 19.3. The number of carbonyl (C=O) groups excluding carboxylic acids is 1. The van der Waals surface area contributed by atoms with Crippen LogP contribution in [0.3, 0.4) is 0 Å². The smallest absolute Gasteiger partial charge is 0.220 e. The van der Waals surface area contributed by atoms with Crippen molar-refractivity contribution in [3.63, 3.8) is 0 Å². The highest BCUT2D eigenvalue weighted by Crippen LogP contribution is 2.17. The molecule has 2 unspecified atom stereocenters. The zero-order valence-corrected chi connectivity index (χ0v) is 43.5. The van der Waals surface area contributed by atoms with Gasteiger partial charge in [0.05, 0.1) is 18.8 Å². The molecule has 0 fully saturated rings. The Hall–Kier alpha value is -2.17. The van der Waals surface area contributed by atoms with Gasteiger partial charge in [0.25, 0.3) is 0 Å². The van der Waals surface area contributed by atoms with Gasteiger partial charge in [-0.15, -0.1) is 0 Å². The zero-order chi connectivity index (χ0) is 47.0. The molecular formula is C61H111NO3. The minimum Gasteiger partial charge on any atom is -0.394 e. The standard InChI is InChI=1S/C61H111NO3/c1-3-5-7-9-11-13-15-17-19-20-21-22-23-24-25-26-27-28-29-30-31-32-33-34-35-36-37-38-39-40-41-42-43-45-47-49-51-53-55-57-61(65)62-59(58-63)60(64)56-54-52-50-48-46-44-18-16-14-12-10-8-6-4-2/h5,7,11,13,17,19,21-22,24-25,27-28,59-60,63-64H,3-4,6,8-10,12,14-16,18,20,23,26,29-58H2,1-2H3,(H,62,65)/b7-5-,13-11-,19-17-,22-21-,25-24-,28-27-. The average molecular weight is 907 g/mol. The maximum Gasteiger partial charge on any atom is 0.220 e. The lowest BCUT2D eigenvalue weighted by Crippen LogP contribution is -2.45. The molecule has 0 aliphatic carbocycles. The Labute approximate surface area is 406 Å². The Morgan fingerprint density at radius 2 is 0.677 bits per heavy atom. The maximum absolute atomic E-state index is 12.5. The summed E-state index contributed by atoms with van der Waals surface area (Å²) in [5.41, 5.74) is 0. The summed E-state index contributed by atoms with van der Waals surface area (Å²) in [5.74, 6) is -0.0289. The van der Waals surface area contributed by atoms with Gasteiger partial charge in [-0.2, -0.15) is 0 Å². The van der Waals surface area contributed by atoms with Gasteiger partial charge in [0.15, 0.2) is 0 Å². The first kappa shape index (κ1) is 62.8. The van der Waals surface area contributed by atoms with Gasteiger partial charge >= 0.3 is 0 Å². The Morgan fingerprint density at radius 3 is 1.02 bits per heavy atom. The average Bonchev–Trinajstić information content (AvgIpc) is 3.31. The number of nitrogens with one attached hydrogen (secondary N) is 1. The van der Waals surface area contributed by atoms with E-state index in [0.717, 1.165) is 64.2 Å². The van der Waals surface area contributed by atoms with Gasteiger partial charge in [0, 0.05) is 6.42 Å². The third-order valence-corrected chi connectivity index (χ3v) is 13.0. The summed E-state index contributed by atoms with van der Waals surface area (Å²) in [6.45, 7) is 4.25. The molecular weight excluding hydrogens is 795 g/mol. The van der Waals surface area contributed by atoms with Crippen LogP contribution in [0.25, 0.3) is 0 Å².